The Bertz CT molecular complexity index is 396. The Balaban J connectivity index is 2.07. The quantitative estimate of drug-likeness (QED) is 0.823. The van der Waals surface area contributed by atoms with Crippen LogP contribution in [0.25, 0.3) is 0 Å². The number of hydrogen-bond donors (Lipinski definition) is 1. The van der Waals surface area contributed by atoms with E-state index >= 15 is 0 Å². The second-order valence-electron chi connectivity index (χ2n) is 4.73. The lowest BCUT2D eigenvalue weighted by Crippen LogP contribution is -2.17. The molecule has 3 heteroatoms. The standard InChI is InChI=1S/C14H18O3/c1-17-13-5-3-2-4-11(13)9-12(14(15)16)8-10-6-7-10/h2-5,10,12H,6-9H2,1H3,(H,15,16). The van der Waals surface area contributed by atoms with E-state index < -0.39 is 5.97 Å². The Kier molecular flexibility index (Phi) is 3.67. The third kappa shape index (κ3) is 3.22. The summed E-state index contributed by atoms with van der Waals surface area (Å²) in [4.78, 5) is 11.2. The molecule has 1 fully saturated rings. The first-order valence-electron chi connectivity index (χ1n) is 6.05. The lowest BCUT2D eigenvalue weighted by Gasteiger charge is -2.14. The van der Waals surface area contributed by atoms with E-state index in [1.807, 2.05) is 24.3 Å². The molecule has 0 aliphatic heterocycles. The molecule has 17 heavy (non-hydrogen) atoms. The molecule has 2 rings (SSSR count). The highest BCUT2D eigenvalue weighted by Crippen LogP contribution is 2.37. The monoisotopic (exact) mass is 234 g/mol. The lowest BCUT2D eigenvalue weighted by molar-refractivity contribution is -0.142. The van der Waals surface area contributed by atoms with Gasteiger partial charge >= 0.3 is 5.97 Å². The van der Waals surface area contributed by atoms with Crippen molar-refractivity contribution >= 4 is 5.97 Å². The van der Waals surface area contributed by atoms with Gasteiger partial charge in [-0.25, -0.2) is 0 Å². The van der Waals surface area contributed by atoms with Crippen LogP contribution in [0.3, 0.4) is 0 Å². The molecule has 1 aromatic carbocycles. The highest BCUT2D eigenvalue weighted by atomic mass is 16.5. The smallest absolute Gasteiger partial charge is 0.306 e. The number of carboxylic acid groups (broad SMARTS) is 1. The van der Waals surface area contributed by atoms with Crippen LogP contribution in [0.5, 0.6) is 5.75 Å². The predicted molar refractivity (Wildman–Crippen MR) is 65.2 cm³/mol. The van der Waals surface area contributed by atoms with Gasteiger partial charge in [-0.1, -0.05) is 31.0 Å². The van der Waals surface area contributed by atoms with Gasteiger partial charge in [0, 0.05) is 0 Å². The number of rotatable bonds is 6. The Morgan fingerprint density at radius 3 is 2.76 bits per heavy atom. The second-order valence-corrected chi connectivity index (χ2v) is 4.73. The maximum absolute atomic E-state index is 11.2. The molecule has 3 nitrogen and oxygen atoms in total. The van der Waals surface area contributed by atoms with Crippen LogP contribution in [-0.4, -0.2) is 18.2 Å². The normalized spacial score (nSPS) is 16.5. The number of para-hydroxylation sites is 1. The maximum Gasteiger partial charge on any atom is 0.306 e. The average molecular weight is 234 g/mol. The molecule has 1 aliphatic carbocycles. The first-order chi connectivity index (χ1) is 8.20. The van der Waals surface area contributed by atoms with E-state index in [2.05, 4.69) is 0 Å². The van der Waals surface area contributed by atoms with Crippen molar-refractivity contribution in [3.8, 4) is 5.75 Å². The molecule has 1 aliphatic rings. The van der Waals surface area contributed by atoms with Gasteiger partial charge in [0.2, 0.25) is 0 Å². The van der Waals surface area contributed by atoms with Crippen LogP contribution < -0.4 is 4.74 Å². The highest BCUT2D eigenvalue weighted by molar-refractivity contribution is 5.70. The summed E-state index contributed by atoms with van der Waals surface area (Å²) in [6, 6.07) is 7.65. The molecule has 0 saturated heterocycles. The van der Waals surface area contributed by atoms with E-state index in [9.17, 15) is 9.90 Å². The summed E-state index contributed by atoms with van der Waals surface area (Å²) in [5.74, 6) is 0.446. The molecular formula is C14H18O3. The Hall–Kier alpha value is -1.51. The van der Waals surface area contributed by atoms with E-state index in [0.29, 0.717) is 12.3 Å². The van der Waals surface area contributed by atoms with Crippen molar-refractivity contribution in [1.82, 2.24) is 0 Å². The summed E-state index contributed by atoms with van der Waals surface area (Å²) in [5, 5.41) is 9.23. The third-order valence-corrected chi connectivity index (χ3v) is 3.32. The Morgan fingerprint density at radius 2 is 2.18 bits per heavy atom. The van der Waals surface area contributed by atoms with Gasteiger partial charge in [0.25, 0.3) is 0 Å². The van der Waals surface area contributed by atoms with Gasteiger partial charge in [-0.3, -0.25) is 4.79 Å². The zero-order valence-electron chi connectivity index (χ0n) is 10.1. The summed E-state index contributed by atoms with van der Waals surface area (Å²) in [7, 11) is 1.62. The minimum Gasteiger partial charge on any atom is -0.496 e. The minimum absolute atomic E-state index is 0.279. The van der Waals surface area contributed by atoms with Gasteiger partial charge in [-0.05, 0) is 30.4 Å². The lowest BCUT2D eigenvalue weighted by atomic mass is 9.94. The molecule has 1 atom stereocenters. The summed E-state index contributed by atoms with van der Waals surface area (Å²) >= 11 is 0. The van der Waals surface area contributed by atoms with Gasteiger partial charge in [0.15, 0.2) is 0 Å². The van der Waals surface area contributed by atoms with Crippen molar-refractivity contribution in [3.05, 3.63) is 29.8 Å². The maximum atomic E-state index is 11.2. The summed E-state index contributed by atoms with van der Waals surface area (Å²) in [5.41, 5.74) is 0.989. The fourth-order valence-electron chi connectivity index (χ4n) is 2.16. The number of hydrogen-bond acceptors (Lipinski definition) is 2. The van der Waals surface area contributed by atoms with Crippen LogP contribution in [0.1, 0.15) is 24.8 Å². The molecule has 0 bridgehead atoms. The molecule has 0 radical (unpaired) electrons. The number of methoxy groups -OCH3 is 1. The fraction of sp³-hybridized carbons (Fsp3) is 0.500. The Morgan fingerprint density at radius 1 is 1.47 bits per heavy atom. The van der Waals surface area contributed by atoms with Crippen LogP contribution in [0.4, 0.5) is 0 Å². The SMILES string of the molecule is COc1ccccc1CC(CC1CC1)C(=O)O. The Labute approximate surface area is 101 Å². The molecular weight excluding hydrogens is 216 g/mol. The highest BCUT2D eigenvalue weighted by Gasteiger charge is 2.29. The van der Waals surface area contributed by atoms with Gasteiger partial charge in [0.1, 0.15) is 5.75 Å². The third-order valence-electron chi connectivity index (χ3n) is 3.32. The van der Waals surface area contributed by atoms with Crippen molar-refractivity contribution in [3.63, 3.8) is 0 Å². The van der Waals surface area contributed by atoms with E-state index in [0.717, 1.165) is 17.7 Å². The molecule has 0 heterocycles. The molecule has 1 unspecified atom stereocenters. The van der Waals surface area contributed by atoms with E-state index in [4.69, 9.17) is 4.74 Å². The van der Waals surface area contributed by atoms with Crippen molar-refractivity contribution < 1.29 is 14.6 Å². The van der Waals surface area contributed by atoms with Crippen molar-refractivity contribution in [2.24, 2.45) is 11.8 Å². The van der Waals surface area contributed by atoms with Crippen LogP contribution in [-0.2, 0) is 11.2 Å². The summed E-state index contributed by atoms with van der Waals surface area (Å²) < 4.78 is 5.25. The number of carboxylic acids is 1. The van der Waals surface area contributed by atoms with Gasteiger partial charge < -0.3 is 9.84 Å². The first kappa shape index (κ1) is 12.0. The zero-order valence-corrected chi connectivity index (χ0v) is 10.1. The van der Waals surface area contributed by atoms with Crippen LogP contribution in [0, 0.1) is 11.8 Å². The fourth-order valence-corrected chi connectivity index (χ4v) is 2.16. The number of carbonyl (C=O) groups is 1. The molecule has 1 N–H and O–H groups in total. The molecule has 92 valence electrons. The predicted octanol–water partition coefficient (Wildman–Crippen LogP) is 2.74. The van der Waals surface area contributed by atoms with Gasteiger partial charge in [-0.2, -0.15) is 0 Å². The number of ether oxygens (including phenoxy) is 1. The largest absolute Gasteiger partial charge is 0.496 e. The van der Waals surface area contributed by atoms with E-state index in [-0.39, 0.29) is 5.92 Å². The average Bonchev–Trinajstić information content (AvgIpc) is 3.12. The van der Waals surface area contributed by atoms with Gasteiger partial charge in [-0.15, -0.1) is 0 Å². The zero-order chi connectivity index (χ0) is 12.3. The van der Waals surface area contributed by atoms with E-state index in [1.54, 1.807) is 7.11 Å². The molecule has 0 amide bonds. The van der Waals surface area contributed by atoms with Crippen LogP contribution in [0.15, 0.2) is 24.3 Å². The molecule has 1 saturated carbocycles. The number of aliphatic carboxylic acids is 1. The number of benzene rings is 1. The summed E-state index contributed by atoms with van der Waals surface area (Å²) in [6.07, 6.45) is 3.74. The molecule has 0 spiro atoms. The van der Waals surface area contributed by atoms with Crippen molar-refractivity contribution in [2.75, 3.05) is 7.11 Å². The minimum atomic E-state index is -0.692. The second kappa shape index (κ2) is 5.21. The van der Waals surface area contributed by atoms with Crippen molar-refractivity contribution in [1.29, 1.82) is 0 Å². The van der Waals surface area contributed by atoms with Gasteiger partial charge in [0.05, 0.1) is 13.0 Å². The molecule has 0 aromatic heterocycles. The molecule has 1 aromatic rings. The first-order valence-corrected chi connectivity index (χ1v) is 6.05. The van der Waals surface area contributed by atoms with Crippen LogP contribution >= 0.6 is 0 Å². The summed E-state index contributed by atoms with van der Waals surface area (Å²) in [6.45, 7) is 0. The van der Waals surface area contributed by atoms with Crippen LogP contribution in [0.2, 0.25) is 0 Å². The van der Waals surface area contributed by atoms with Crippen molar-refractivity contribution in [2.45, 2.75) is 25.7 Å². The van der Waals surface area contributed by atoms with E-state index in [1.165, 1.54) is 12.8 Å². The topological polar surface area (TPSA) is 46.5 Å².